The molecule has 24 heavy (non-hydrogen) atoms. The van der Waals surface area contributed by atoms with E-state index < -0.39 is 0 Å². The third-order valence-corrected chi connectivity index (χ3v) is 4.27. The minimum atomic E-state index is -0.0188. The van der Waals surface area contributed by atoms with E-state index in [1.54, 1.807) is 13.2 Å². The molecule has 0 radical (unpaired) electrons. The fourth-order valence-corrected chi connectivity index (χ4v) is 2.63. The van der Waals surface area contributed by atoms with Crippen molar-refractivity contribution in [3.8, 4) is 5.75 Å². The second-order valence-electron chi connectivity index (χ2n) is 5.92. The van der Waals surface area contributed by atoms with Gasteiger partial charge in [-0.25, -0.2) is 0 Å². The maximum Gasteiger partial charge on any atom is 0.207 e. The van der Waals surface area contributed by atoms with Crippen LogP contribution in [0.5, 0.6) is 5.75 Å². The number of Topliss-reactive ketones (excluding diaryl/α,β-unsaturated/α-hetero) is 1. The van der Waals surface area contributed by atoms with Crippen molar-refractivity contribution in [3.05, 3.63) is 29.3 Å². The van der Waals surface area contributed by atoms with Crippen molar-refractivity contribution in [3.63, 3.8) is 0 Å². The van der Waals surface area contributed by atoms with Crippen LogP contribution in [0.2, 0.25) is 0 Å². The highest BCUT2D eigenvalue weighted by molar-refractivity contribution is 9.09. The summed E-state index contributed by atoms with van der Waals surface area (Å²) in [5, 5.41) is 3.10. The number of methoxy groups -OCH3 is 1. The van der Waals surface area contributed by atoms with Gasteiger partial charge in [-0.05, 0) is 30.0 Å². The fraction of sp³-hybridized carbons (Fsp3) is 0.556. The molecule has 0 spiro atoms. The van der Waals surface area contributed by atoms with Crippen LogP contribution in [-0.2, 0) is 16.0 Å². The Morgan fingerprint density at radius 2 is 2.08 bits per heavy atom. The highest BCUT2D eigenvalue weighted by atomic mass is 79.9. The average Bonchev–Trinajstić information content (AvgIpc) is 2.57. The Hall–Kier alpha value is -1.40. The molecule has 0 aliphatic carbocycles. The summed E-state index contributed by atoms with van der Waals surface area (Å²) in [6, 6.07) is 5.65. The predicted molar refractivity (Wildman–Crippen MR) is 98.1 cm³/mol. The molecule has 0 aliphatic rings. The molecule has 0 fully saturated rings. The van der Waals surface area contributed by atoms with Crippen LogP contribution in [0.4, 0.5) is 0 Å². The van der Waals surface area contributed by atoms with E-state index in [0.29, 0.717) is 36.9 Å². The summed E-state index contributed by atoms with van der Waals surface area (Å²) in [4.78, 5) is 22.8. The first kappa shape index (κ1) is 20.6. The number of ketones is 1. The predicted octanol–water partition coefficient (Wildman–Crippen LogP) is 2.99. The Kier molecular flexibility index (Phi) is 9.64. The van der Waals surface area contributed by atoms with Crippen LogP contribution in [0.3, 0.4) is 0 Å². The van der Waals surface area contributed by atoms with Crippen molar-refractivity contribution >= 4 is 28.1 Å². The number of carbonyl (C=O) groups excluding carboxylic acids is 2. The smallest absolute Gasteiger partial charge is 0.207 e. The van der Waals surface area contributed by atoms with E-state index in [1.165, 1.54) is 0 Å². The molecule has 1 aromatic carbocycles. The fourth-order valence-electron chi connectivity index (χ4n) is 2.33. The van der Waals surface area contributed by atoms with Gasteiger partial charge >= 0.3 is 0 Å². The Balaban J connectivity index is 2.94. The van der Waals surface area contributed by atoms with Gasteiger partial charge in [-0.15, -0.1) is 0 Å². The molecule has 5 nitrogen and oxygen atoms in total. The molecule has 1 aromatic rings. The molecule has 1 amide bonds. The maximum atomic E-state index is 12.1. The number of carbonyl (C=O) groups is 2. The highest BCUT2D eigenvalue weighted by Crippen LogP contribution is 2.24. The molecule has 1 rings (SSSR count). The largest absolute Gasteiger partial charge is 0.493 e. The summed E-state index contributed by atoms with van der Waals surface area (Å²) in [6.45, 7) is 5.22. The zero-order valence-corrected chi connectivity index (χ0v) is 16.1. The van der Waals surface area contributed by atoms with Crippen molar-refractivity contribution in [1.29, 1.82) is 0 Å². The summed E-state index contributed by atoms with van der Waals surface area (Å²) in [7, 11) is 1.65. The molecule has 0 heterocycles. The molecule has 0 aliphatic heterocycles. The monoisotopic (exact) mass is 399 g/mol. The highest BCUT2D eigenvalue weighted by Gasteiger charge is 2.16. The van der Waals surface area contributed by atoms with Gasteiger partial charge in [-0.3, -0.25) is 9.59 Å². The van der Waals surface area contributed by atoms with Crippen molar-refractivity contribution in [1.82, 2.24) is 5.32 Å². The van der Waals surface area contributed by atoms with E-state index in [0.717, 1.165) is 18.4 Å². The summed E-state index contributed by atoms with van der Waals surface area (Å²) in [5.41, 5.74) is 1.59. The lowest BCUT2D eigenvalue weighted by molar-refractivity contribution is -0.110. The van der Waals surface area contributed by atoms with Gasteiger partial charge in [-0.1, -0.05) is 35.8 Å². The molecule has 6 heteroatoms. The lowest BCUT2D eigenvalue weighted by Crippen LogP contribution is -2.34. The number of benzene rings is 1. The number of hydrogen-bond donors (Lipinski definition) is 1. The first-order valence-electron chi connectivity index (χ1n) is 8.07. The van der Waals surface area contributed by atoms with E-state index in [4.69, 9.17) is 9.47 Å². The standard InChI is InChI=1S/C18H26BrNO4/c1-13(2)16(20-12-21)9-14-5-6-15(17(22)11-19)18(10-14)24-8-4-7-23-3/h5-6,10,12-13,16H,4,7-9,11H2,1-3H3,(H,20,21). The molecular weight excluding hydrogens is 374 g/mol. The zero-order valence-electron chi connectivity index (χ0n) is 14.5. The molecule has 0 bridgehead atoms. The summed E-state index contributed by atoms with van der Waals surface area (Å²) < 4.78 is 10.8. The maximum absolute atomic E-state index is 12.1. The Morgan fingerprint density at radius 1 is 1.33 bits per heavy atom. The van der Waals surface area contributed by atoms with Crippen molar-refractivity contribution in [2.45, 2.75) is 32.7 Å². The van der Waals surface area contributed by atoms with Crippen molar-refractivity contribution in [2.24, 2.45) is 5.92 Å². The molecule has 0 saturated carbocycles. The average molecular weight is 400 g/mol. The van der Waals surface area contributed by atoms with E-state index in [1.807, 2.05) is 12.1 Å². The number of halogens is 1. The number of ether oxygens (including phenoxy) is 2. The van der Waals surface area contributed by atoms with Gasteiger partial charge in [0.05, 0.1) is 17.5 Å². The van der Waals surface area contributed by atoms with Crippen LogP contribution >= 0.6 is 15.9 Å². The van der Waals surface area contributed by atoms with E-state index in [-0.39, 0.29) is 17.2 Å². The molecule has 1 atom stereocenters. The molecule has 0 aromatic heterocycles. The summed E-state index contributed by atoms with van der Waals surface area (Å²) >= 11 is 3.20. The van der Waals surface area contributed by atoms with Crippen LogP contribution in [0.25, 0.3) is 0 Å². The minimum Gasteiger partial charge on any atom is -0.493 e. The lowest BCUT2D eigenvalue weighted by atomic mass is 9.95. The van der Waals surface area contributed by atoms with Crippen LogP contribution in [0, 0.1) is 5.92 Å². The number of amides is 1. The number of alkyl halides is 1. The molecule has 134 valence electrons. The van der Waals surface area contributed by atoms with Crippen molar-refractivity contribution < 1.29 is 19.1 Å². The molecular formula is C18H26BrNO4. The van der Waals surface area contributed by atoms with Gasteiger partial charge in [0.25, 0.3) is 0 Å². The second kappa shape index (κ2) is 11.2. The zero-order chi connectivity index (χ0) is 17.9. The lowest BCUT2D eigenvalue weighted by Gasteiger charge is -2.21. The number of nitrogens with one attached hydrogen (secondary N) is 1. The van der Waals surface area contributed by atoms with Gasteiger partial charge in [0.15, 0.2) is 5.78 Å². The molecule has 1 N–H and O–H groups in total. The quantitative estimate of drug-likeness (QED) is 0.254. The van der Waals surface area contributed by atoms with Crippen LogP contribution in [-0.4, -0.2) is 43.9 Å². The minimum absolute atomic E-state index is 0.0188. The van der Waals surface area contributed by atoms with Gasteiger partial charge in [0.1, 0.15) is 5.75 Å². The first-order valence-corrected chi connectivity index (χ1v) is 9.19. The third kappa shape index (κ3) is 6.61. The van der Waals surface area contributed by atoms with Crippen LogP contribution in [0.1, 0.15) is 36.2 Å². The Morgan fingerprint density at radius 3 is 2.67 bits per heavy atom. The Labute approximate surface area is 152 Å². The first-order chi connectivity index (χ1) is 11.5. The normalized spacial score (nSPS) is 12.0. The molecule has 0 saturated heterocycles. The number of hydrogen-bond acceptors (Lipinski definition) is 4. The SMILES string of the molecule is COCCCOc1cc(CC(NC=O)C(C)C)ccc1C(=O)CBr. The van der Waals surface area contributed by atoms with Crippen LogP contribution in [0.15, 0.2) is 18.2 Å². The van der Waals surface area contributed by atoms with E-state index >= 15 is 0 Å². The summed E-state index contributed by atoms with van der Waals surface area (Å²) in [5.74, 6) is 0.876. The second-order valence-corrected chi connectivity index (χ2v) is 6.48. The van der Waals surface area contributed by atoms with Crippen LogP contribution < -0.4 is 10.1 Å². The van der Waals surface area contributed by atoms with E-state index in [2.05, 4.69) is 35.1 Å². The topological polar surface area (TPSA) is 64.6 Å². The number of rotatable bonds is 12. The van der Waals surface area contributed by atoms with Gasteiger partial charge in [-0.2, -0.15) is 0 Å². The third-order valence-electron chi connectivity index (χ3n) is 3.76. The van der Waals surface area contributed by atoms with Gasteiger partial charge in [0.2, 0.25) is 6.41 Å². The van der Waals surface area contributed by atoms with E-state index in [9.17, 15) is 9.59 Å². The van der Waals surface area contributed by atoms with Gasteiger partial charge in [0, 0.05) is 26.2 Å². The Bertz CT molecular complexity index is 534. The summed E-state index contributed by atoms with van der Waals surface area (Å²) in [6.07, 6.45) is 2.17. The van der Waals surface area contributed by atoms with Gasteiger partial charge < -0.3 is 14.8 Å². The molecule has 1 unspecified atom stereocenters. The van der Waals surface area contributed by atoms with Crippen molar-refractivity contribution in [2.75, 3.05) is 25.7 Å².